The van der Waals surface area contributed by atoms with Crippen molar-refractivity contribution in [3.63, 3.8) is 0 Å². The van der Waals surface area contributed by atoms with Crippen molar-refractivity contribution in [1.82, 2.24) is 25.1 Å². The van der Waals surface area contributed by atoms with Gasteiger partial charge in [-0.1, -0.05) is 11.6 Å². The lowest BCUT2D eigenvalue weighted by atomic mass is 10.2. The molecule has 0 fully saturated rings. The van der Waals surface area contributed by atoms with Crippen molar-refractivity contribution in [3.8, 4) is 5.88 Å². The third-order valence-electron chi connectivity index (χ3n) is 3.48. The average Bonchev–Trinajstić information content (AvgIpc) is 3.02. The van der Waals surface area contributed by atoms with E-state index in [1.165, 1.54) is 19.4 Å². The highest BCUT2D eigenvalue weighted by atomic mass is 35.5. The van der Waals surface area contributed by atoms with E-state index in [2.05, 4.69) is 20.4 Å². The summed E-state index contributed by atoms with van der Waals surface area (Å²) in [6, 6.07) is 3.27. The molecule has 1 amide bonds. The molecule has 136 valence electrons. The van der Waals surface area contributed by atoms with Crippen LogP contribution in [0.3, 0.4) is 0 Å². The molecule has 0 radical (unpaired) electrons. The number of ether oxygens (including phenoxy) is 1. The van der Waals surface area contributed by atoms with Crippen LogP contribution < -0.4 is 10.1 Å². The van der Waals surface area contributed by atoms with Gasteiger partial charge in [-0.05, 0) is 17.7 Å². The summed E-state index contributed by atoms with van der Waals surface area (Å²) in [7, 11) is 1.53. The number of rotatable bonds is 6. The minimum Gasteiger partial charge on any atom is -0.471 e. The van der Waals surface area contributed by atoms with E-state index in [1.807, 2.05) is 0 Å². The lowest BCUT2D eigenvalue weighted by Gasteiger charge is -2.08. The molecule has 0 unspecified atom stereocenters. The van der Waals surface area contributed by atoms with Crippen LogP contribution in [0.1, 0.15) is 16.1 Å². The molecular formula is C16H14ClF2N5O2. The molecule has 7 nitrogen and oxygen atoms in total. The number of hydrogen-bond donors (Lipinski definition) is 1. The van der Waals surface area contributed by atoms with Gasteiger partial charge in [-0.2, -0.15) is 5.10 Å². The maximum Gasteiger partial charge on any atom is 0.272 e. The number of halogens is 3. The molecule has 3 aromatic heterocycles. The molecule has 0 bridgehead atoms. The third kappa shape index (κ3) is 3.88. The van der Waals surface area contributed by atoms with Crippen LogP contribution >= 0.6 is 11.6 Å². The number of carbonyl (C=O) groups excluding carboxylic acids is 1. The Kier molecular flexibility index (Phi) is 5.27. The standard InChI is InChI=1S/C16H14ClF2N5O2/c1-20-15(25)14-10-7-24(23-12(10)2-3-21-14)6-9-4-11(17)16(22-5-9)26-8-13(18)19/h2-5,7,13H,6,8H2,1H3,(H,20,25). The van der Waals surface area contributed by atoms with Crippen LogP contribution in [-0.4, -0.2) is 45.7 Å². The molecule has 0 spiro atoms. The number of nitrogens with zero attached hydrogens (tertiary/aromatic N) is 4. The van der Waals surface area contributed by atoms with E-state index in [4.69, 9.17) is 16.3 Å². The second kappa shape index (κ2) is 7.61. The molecule has 3 heterocycles. The van der Waals surface area contributed by atoms with Crippen LogP contribution in [0.2, 0.25) is 5.02 Å². The zero-order valence-electron chi connectivity index (χ0n) is 13.6. The molecule has 0 aliphatic heterocycles. The maximum atomic E-state index is 12.2. The van der Waals surface area contributed by atoms with Gasteiger partial charge >= 0.3 is 0 Å². The minimum absolute atomic E-state index is 0.0487. The zero-order valence-corrected chi connectivity index (χ0v) is 14.4. The second-order valence-electron chi connectivity index (χ2n) is 5.33. The number of pyridine rings is 2. The van der Waals surface area contributed by atoms with Crippen LogP contribution in [0.4, 0.5) is 8.78 Å². The molecule has 0 atom stereocenters. The van der Waals surface area contributed by atoms with E-state index in [9.17, 15) is 13.6 Å². The van der Waals surface area contributed by atoms with E-state index < -0.39 is 13.0 Å². The lowest BCUT2D eigenvalue weighted by molar-refractivity contribution is 0.0796. The Labute approximate surface area is 152 Å². The Hall–Kier alpha value is -2.81. The quantitative estimate of drug-likeness (QED) is 0.709. The molecule has 3 rings (SSSR count). The van der Waals surface area contributed by atoms with Crippen molar-refractivity contribution >= 4 is 28.4 Å². The first-order valence-electron chi connectivity index (χ1n) is 7.57. The molecule has 0 saturated heterocycles. The summed E-state index contributed by atoms with van der Waals surface area (Å²) in [6.45, 7) is -0.449. The summed E-state index contributed by atoms with van der Waals surface area (Å²) in [4.78, 5) is 19.9. The summed E-state index contributed by atoms with van der Waals surface area (Å²) < 4.78 is 30.8. The highest BCUT2D eigenvalue weighted by Gasteiger charge is 2.14. The number of amides is 1. The van der Waals surface area contributed by atoms with Crippen LogP contribution in [0.15, 0.2) is 30.7 Å². The maximum absolute atomic E-state index is 12.2. The number of fused-ring (bicyclic) bond motifs is 1. The first kappa shape index (κ1) is 18.0. The number of carbonyl (C=O) groups is 1. The summed E-state index contributed by atoms with van der Waals surface area (Å²) in [6.07, 6.45) is 2.07. The van der Waals surface area contributed by atoms with E-state index in [0.29, 0.717) is 23.0 Å². The fraction of sp³-hybridized carbons (Fsp3) is 0.250. The predicted molar refractivity (Wildman–Crippen MR) is 90.8 cm³/mol. The Balaban J connectivity index is 1.83. The molecule has 3 aromatic rings. The van der Waals surface area contributed by atoms with E-state index >= 15 is 0 Å². The van der Waals surface area contributed by atoms with E-state index in [1.54, 1.807) is 23.0 Å². The Morgan fingerprint density at radius 3 is 2.92 bits per heavy atom. The van der Waals surface area contributed by atoms with Gasteiger partial charge in [0.15, 0.2) is 6.61 Å². The zero-order chi connectivity index (χ0) is 18.7. The molecule has 26 heavy (non-hydrogen) atoms. The topological polar surface area (TPSA) is 81.9 Å². The van der Waals surface area contributed by atoms with Gasteiger partial charge in [0.25, 0.3) is 12.3 Å². The largest absolute Gasteiger partial charge is 0.471 e. The van der Waals surface area contributed by atoms with E-state index in [-0.39, 0.29) is 22.5 Å². The van der Waals surface area contributed by atoms with Crippen molar-refractivity contribution < 1.29 is 18.3 Å². The molecular weight excluding hydrogens is 368 g/mol. The average molecular weight is 382 g/mol. The number of alkyl halides is 2. The Morgan fingerprint density at radius 2 is 2.23 bits per heavy atom. The molecule has 10 heteroatoms. The number of aromatic nitrogens is 4. The normalized spacial score (nSPS) is 11.1. The number of nitrogens with one attached hydrogen (secondary N) is 1. The fourth-order valence-corrected chi connectivity index (χ4v) is 2.60. The van der Waals surface area contributed by atoms with Crippen LogP contribution in [0.25, 0.3) is 10.9 Å². The molecule has 0 aliphatic rings. The van der Waals surface area contributed by atoms with E-state index in [0.717, 1.165) is 0 Å². The van der Waals surface area contributed by atoms with Gasteiger partial charge in [-0.25, -0.2) is 13.8 Å². The van der Waals surface area contributed by atoms with Gasteiger partial charge in [-0.15, -0.1) is 0 Å². The minimum atomic E-state index is -2.60. The van der Waals surface area contributed by atoms with Crippen molar-refractivity contribution in [1.29, 1.82) is 0 Å². The van der Waals surface area contributed by atoms with Gasteiger partial charge in [0.1, 0.15) is 10.7 Å². The Morgan fingerprint density at radius 1 is 1.42 bits per heavy atom. The van der Waals surface area contributed by atoms with Crippen molar-refractivity contribution in [2.45, 2.75) is 13.0 Å². The summed E-state index contributed by atoms with van der Waals surface area (Å²) in [5.74, 6) is -0.354. The molecule has 0 aliphatic carbocycles. The lowest BCUT2D eigenvalue weighted by Crippen LogP contribution is -2.19. The van der Waals surface area contributed by atoms with Crippen LogP contribution in [-0.2, 0) is 6.54 Å². The monoisotopic (exact) mass is 381 g/mol. The smallest absolute Gasteiger partial charge is 0.272 e. The van der Waals surface area contributed by atoms with Crippen molar-refractivity contribution in [3.05, 3.63) is 47.0 Å². The summed E-state index contributed by atoms with van der Waals surface area (Å²) in [5, 5.41) is 7.67. The SMILES string of the molecule is CNC(=O)c1nccc2nn(Cc3cnc(OCC(F)F)c(Cl)c3)cc12. The van der Waals surface area contributed by atoms with Crippen molar-refractivity contribution in [2.24, 2.45) is 0 Å². The molecule has 0 aromatic carbocycles. The van der Waals surface area contributed by atoms with Gasteiger partial charge in [-0.3, -0.25) is 14.5 Å². The first-order valence-corrected chi connectivity index (χ1v) is 7.95. The first-order chi connectivity index (χ1) is 12.5. The highest BCUT2D eigenvalue weighted by molar-refractivity contribution is 6.31. The highest BCUT2D eigenvalue weighted by Crippen LogP contribution is 2.24. The third-order valence-corrected chi connectivity index (χ3v) is 3.75. The van der Waals surface area contributed by atoms with Gasteiger partial charge < -0.3 is 10.1 Å². The number of hydrogen-bond acceptors (Lipinski definition) is 5. The Bertz CT molecular complexity index is 948. The van der Waals surface area contributed by atoms with Gasteiger partial charge in [0, 0.05) is 25.6 Å². The van der Waals surface area contributed by atoms with Gasteiger partial charge in [0.05, 0.1) is 17.4 Å². The summed E-state index contributed by atoms with van der Waals surface area (Å²) >= 11 is 6.02. The molecule has 0 saturated carbocycles. The van der Waals surface area contributed by atoms with Crippen LogP contribution in [0, 0.1) is 0 Å². The predicted octanol–water partition coefficient (Wildman–Crippen LogP) is 2.53. The molecule has 1 N–H and O–H groups in total. The van der Waals surface area contributed by atoms with Crippen molar-refractivity contribution in [2.75, 3.05) is 13.7 Å². The van der Waals surface area contributed by atoms with Crippen LogP contribution in [0.5, 0.6) is 5.88 Å². The summed E-state index contributed by atoms with van der Waals surface area (Å²) in [5.41, 5.74) is 1.60. The second-order valence-corrected chi connectivity index (χ2v) is 5.74. The van der Waals surface area contributed by atoms with Gasteiger partial charge in [0.2, 0.25) is 5.88 Å². The fourth-order valence-electron chi connectivity index (χ4n) is 2.36.